The van der Waals surface area contributed by atoms with Gasteiger partial charge in [-0.2, -0.15) is 0 Å². The van der Waals surface area contributed by atoms with Gasteiger partial charge in [-0.1, -0.05) is 13.5 Å². The van der Waals surface area contributed by atoms with Crippen molar-refractivity contribution in [1.82, 2.24) is 0 Å². The van der Waals surface area contributed by atoms with Crippen LogP contribution in [-0.2, 0) is 14.3 Å². The lowest BCUT2D eigenvalue weighted by Gasteiger charge is -2.05. The second-order valence-corrected chi connectivity index (χ2v) is 2.20. The largest absolute Gasteiger partial charge is 0.478 e. The molecule has 6 heteroatoms. The molecule has 0 aliphatic carbocycles. The Morgan fingerprint density at radius 3 is 2.33 bits per heavy atom. The van der Waals surface area contributed by atoms with E-state index in [1.54, 1.807) is 6.92 Å². The van der Waals surface area contributed by atoms with Crippen molar-refractivity contribution in [2.75, 3.05) is 0 Å². The van der Waals surface area contributed by atoms with E-state index in [0.29, 0.717) is 6.42 Å². The van der Waals surface area contributed by atoms with Crippen LogP contribution in [0.1, 0.15) is 13.3 Å². The molecule has 4 N–H and O–H groups in total. The van der Waals surface area contributed by atoms with Crippen LogP contribution in [0.3, 0.4) is 0 Å². The van der Waals surface area contributed by atoms with Gasteiger partial charge < -0.3 is 20.7 Å². The van der Waals surface area contributed by atoms with Gasteiger partial charge in [0.1, 0.15) is 0 Å². The van der Waals surface area contributed by atoms with Crippen molar-refractivity contribution < 1.29 is 24.5 Å². The summed E-state index contributed by atoms with van der Waals surface area (Å²) in [4.78, 5) is 19.7. The van der Waals surface area contributed by atoms with Gasteiger partial charge in [0.05, 0.1) is 0 Å². The van der Waals surface area contributed by atoms with Crippen LogP contribution < -0.4 is 5.73 Å². The molecule has 0 aliphatic heterocycles. The van der Waals surface area contributed by atoms with E-state index in [1.165, 1.54) is 0 Å². The summed E-state index contributed by atoms with van der Waals surface area (Å²) >= 11 is 0. The number of carboxylic acids is 1. The van der Waals surface area contributed by atoms with Crippen molar-refractivity contribution in [3.05, 3.63) is 24.9 Å². The summed E-state index contributed by atoms with van der Waals surface area (Å²) in [5.41, 5.74) is 4.67. The van der Waals surface area contributed by atoms with Gasteiger partial charge in [0, 0.05) is 24.8 Å². The summed E-state index contributed by atoms with van der Waals surface area (Å²) in [6.07, 6.45) is 2.26. The summed E-state index contributed by atoms with van der Waals surface area (Å²) in [5, 5.41) is 16.4. The Kier molecular flexibility index (Phi) is 10.7. The summed E-state index contributed by atoms with van der Waals surface area (Å²) < 4.78 is 4.35. The lowest BCUT2D eigenvalue weighted by Crippen LogP contribution is -2.14. The molecule has 1 unspecified atom stereocenters. The van der Waals surface area contributed by atoms with E-state index in [1.807, 2.05) is 0 Å². The molecule has 0 saturated heterocycles. The number of nitrogens with two attached hydrogens (primary N) is 1. The van der Waals surface area contributed by atoms with E-state index < -0.39 is 18.2 Å². The zero-order chi connectivity index (χ0) is 12.3. The first-order valence-electron chi connectivity index (χ1n) is 4.10. The Balaban J connectivity index is 0. The van der Waals surface area contributed by atoms with Crippen LogP contribution in [0, 0.1) is 0 Å². The van der Waals surface area contributed by atoms with Crippen LogP contribution in [0.15, 0.2) is 24.9 Å². The van der Waals surface area contributed by atoms with E-state index in [9.17, 15) is 9.59 Å². The molecule has 0 radical (unpaired) electrons. The summed E-state index contributed by atoms with van der Waals surface area (Å²) in [5.74, 6) is -1.61. The van der Waals surface area contributed by atoms with Crippen molar-refractivity contribution in [1.29, 1.82) is 0 Å². The normalized spacial score (nSPS) is 11.1. The second-order valence-electron chi connectivity index (χ2n) is 2.20. The fourth-order valence-electron chi connectivity index (χ4n) is 0.348. The maximum atomic E-state index is 10.3. The number of hydrogen-bond acceptors (Lipinski definition) is 5. The maximum absolute atomic E-state index is 10.3. The first-order valence-corrected chi connectivity index (χ1v) is 4.10. The molecule has 0 heterocycles. The van der Waals surface area contributed by atoms with Crippen LogP contribution in [0.5, 0.6) is 0 Å². The molecular weight excluding hydrogens is 202 g/mol. The number of aliphatic hydroxyl groups excluding tert-OH is 1. The molecule has 6 nitrogen and oxygen atoms in total. The van der Waals surface area contributed by atoms with E-state index in [2.05, 4.69) is 17.0 Å². The highest BCUT2D eigenvalue weighted by Gasteiger charge is 2.02. The number of carbonyl (C=O) groups is 2. The molecule has 0 rings (SSSR count). The van der Waals surface area contributed by atoms with Crippen molar-refractivity contribution in [2.24, 2.45) is 5.73 Å². The topological polar surface area (TPSA) is 110 Å². The van der Waals surface area contributed by atoms with Gasteiger partial charge >= 0.3 is 11.9 Å². The minimum Gasteiger partial charge on any atom is -0.478 e. The average Bonchev–Trinajstić information content (AvgIpc) is 2.18. The van der Waals surface area contributed by atoms with Gasteiger partial charge in [-0.25, -0.2) is 9.59 Å². The number of aliphatic hydroxyl groups is 1. The third-order valence-electron chi connectivity index (χ3n) is 1.01. The van der Waals surface area contributed by atoms with E-state index >= 15 is 0 Å². The second kappa shape index (κ2) is 10.3. The standard InChI is InChI=1S/C6H10O3.C3H5NO2/c1-3-5(7)9-6(8)4-2;4-2-1-3(5)6/h3,6,8H,1,4H2,2H3;1-2H,4H2,(H,5,6). The quantitative estimate of drug-likeness (QED) is 0.347. The van der Waals surface area contributed by atoms with Gasteiger partial charge in [0.25, 0.3) is 0 Å². The molecule has 15 heavy (non-hydrogen) atoms. The average molecular weight is 217 g/mol. The third kappa shape index (κ3) is 15.0. The van der Waals surface area contributed by atoms with Crippen molar-refractivity contribution in [3.63, 3.8) is 0 Å². The predicted molar refractivity (Wildman–Crippen MR) is 53.6 cm³/mol. The van der Waals surface area contributed by atoms with E-state index in [0.717, 1.165) is 18.4 Å². The summed E-state index contributed by atoms with van der Waals surface area (Å²) in [6, 6.07) is 0. The third-order valence-corrected chi connectivity index (χ3v) is 1.01. The highest BCUT2D eigenvalue weighted by Crippen LogP contribution is 1.92. The fraction of sp³-hybridized carbons (Fsp3) is 0.333. The smallest absolute Gasteiger partial charge is 0.332 e. The fourth-order valence-corrected chi connectivity index (χ4v) is 0.348. The molecule has 0 fully saturated rings. The van der Waals surface area contributed by atoms with Crippen molar-refractivity contribution >= 4 is 11.9 Å². The van der Waals surface area contributed by atoms with Crippen molar-refractivity contribution in [2.45, 2.75) is 19.6 Å². The monoisotopic (exact) mass is 217 g/mol. The van der Waals surface area contributed by atoms with Crippen LogP contribution in [0.2, 0.25) is 0 Å². The van der Waals surface area contributed by atoms with Gasteiger partial charge in [0.2, 0.25) is 6.29 Å². The number of esters is 1. The first kappa shape index (κ1) is 15.6. The molecule has 0 aliphatic rings. The Morgan fingerprint density at radius 2 is 2.13 bits per heavy atom. The molecule has 0 amide bonds. The lowest BCUT2D eigenvalue weighted by atomic mass is 10.5. The number of aliphatic carboxylic acids is 1. The highest BCUT2D eigenvalue weighted by molar-refractivity contribution is 5.81. The zero-order valence-electron chi connectivity index (χ0n) is 8.42. The number of rotatable bonds is 4. The van der Waals surface area contributed by atoms with E-state index in [-0.39, 0.29) is 0 Å². The van der Waals surface area contributed by atoms with Crippen LogP contribution in [0.4, 0.5) is 0 Å². The minimum atomic E-state index is -1.02. The molecule has 1 atom stereocenters. The molecule has 0 bridgehead atoms. The minimum absolute atomic E-state index is 0.402. The number of hydrogen-bond donors (Lipinski definition) is 3. The van der Waals surface area contributed by atoms with Crippen LogP contribution in [-0.4, -0.2) is 28.4 Å². The molecule has 0 aromatic rings. The van der Waals surface area contributed by atoms with Gasteiger partial charge in [-0.3, -0.25) is 0 Å². The molecule has 0 aromatic carbocycles. The molecule has 0 aromatic heterocycles. The summed E-state index contributed by atoms with van der Waals surface area (Å²) in [7, 11) is 0. The van der Waals surface area contributed by atoms with Gasteiger partial charge in [-0.15, -0.1) is 0 Å². The number of carboxylic acid groups (broad SMARTS) is 1. The zero-order valence-corrected chi connectivity index (χ0v) is 8.42. The molecule has 86 valence electrons. The van der Waals surface area contributed by atoms with Gasteiger partial charge in [0.15, 0.2) is 0 Å². The summed E-state index contributed by atoms with van der Waals surface area (Å²) in [6.45, 7) is 4.87. The maximum Gasteiger partial charge on any atom is 0.332 e. The van der Waals surface area contributed by atoms with Crippen molar-refractivity contribution in [3.8, 4) is 0 Å². The highest BCUT2D eigenvalue weighted by atomic mass is 16.6. The number of ether oxygens (including phenoxy) is 1. The Hall–Kier alpha value is -1.82. The van der Waals surface area contributed by atoms with Gasteiger partial charge in [-0.05, 0) is 0 Å². The Bertz CT molecular complexity index is 237. The van der Waals surface area contributed by atoms with Crippen LogP contribution >= 0.6 is 0 Å². The first-order chi connectivity index (χ1) is 6.97. The Labute approximate surface area is 87.7 Å². The Morgan fingerprint density at radius 1 is 1.60 bits per heavy atom. The predicted octanol–water partition coefficient (Wildman–Crippen LogP) is -0.0126. The number of carbonyl (C=O) groups excluding carboxylic acids is 1. The SMILES string of the molecule is C=CC(=O)OC(O)CC.NC=CC(=O)O. The van der Waals surface area contributed by atoms with Crippen LogP contribution in [0.25, 0.3) is 0 Å². The van der Waals surface area contributed by atoms with E-state index in [4.69, 9.17) is 10.2 Å². The molecule has 0 saturated carbocycles. The molecule has 0 spiro atoms. The molecular formula is C9H15NO5. The lowest BCUT2D eigenvalue weighted by molar-refractivity contribution is -0.161.